The van der Waals surface area contributed by atoms with Gasteiger partial charge in [0.25, 0.3) is 0 Å². The van der Waals surface area contributed by atoms with Gasteiger partial charge in [0.15, 0.2) is 0 Å². The summed E-state index contributed by atoms with van der Waals surface area (Å²) in [6.45, 7) is 8.86. The number of hydrogen-bond donors (Lipinski definition) is 0. The molecule has 0 bridgehead atoms. The second-order valence-electron chi connectivity index (χ2n) is 4.39. The van der Waals surface area contributed by atoms with Crippen LogP contribution >= 0.6 is 0 Å². The number of rotatable bonds is 1. The Hall–Kier alpha value is -1.24. The van der Waals surface area contributed by atoms with Crippen LogP contribution in [0.2, 0.25) is 0 Å². The topological polar surface area (TPSA) is 9.23 Å². The molecule has 0 heterocycles. The number of hydrogen-bond acceptors (Lipinski definition) is 1. The Kier molecular flexibility index (Phi) is 2.34. The van der Waals surface area contributed by atoms with Gasteiger partial charge in [-0.3, -0.25) is 0 Å². The Labute approximate surface area is 91.8 Å². The summed E-state index contributed by atoms with van der Waals surface area (Å²) in [6, 6.07) is 4.28. The normalized spacial score (nSPS) is 19.4. The van der Waals surface area contributed by atoms with Crippen LogP contribution in [0.5, 0.6) is 5.75 Å². The van der Waals surface area contributed by atoms with Gasteiger partial charge in [0.1, 0.15) is 5.75 Å². The van der Waals surface area contributed by atoms with Crippen LogP contribution in [0, 0.1) is 6.92 Å². The summed E-state index contributed by atoms with van der Waals surface area (Å²) in [5, 5.41) is 0. The summed E-state index contributed by atoms with van der Waals surface area (Å²) < 4.78 is 5.37. The smallest absolute Gasteiger partial charge is 0.122 e. The summed E-state index contributed by atoms with van der Waals surface area (Å²) in [6.07, 6.45) is 0. The van der Waals surface area contributed by atoms with Gasteiger partial charge in [0.2, 0.25) is 0 Å². The molecule has 1 atom stereocenters. The molecule has 0 saturated carbocycles. The van der Waals surface area contributed by atoms with Crippen molar-refractivity contribution in [2.45, 2.75) is 33.6 Å². The summed E-state index contributed by atoms with van der Waals surface area (Å²) >= 11 is 0. The standard InChI is InChI=1S/C14H18O/c1-8-9(2)12-6-7-13(15-5)11(4)14(12)10(8)3/h6-7,9H,1-5H3. The van der Waals surface area contributed by atoms with Gasteiger partial charge in [-0.2, -0.15) is 0 Å². The van der Waals surface area contributed by atoms with Crippen molar-refractivity contribution in [1.29, 1.82) is 0 Å². The minimum absolute atomic E-state index is 0.560. The largest absolute Gasteiger partial charge is 0.496 e. The van der Waals surface area contributed by atoms with Crippen molar-refractivity contribution >= 4 is 5.57 Å². The molecular weight excluding hydrogens is 184 g/mol. The third-order valence-corrected chi connectivity index (χ3v) is 3.75. The maximum absolute atomic E-state index is 5.37. The van der Waals surface area contributed by atoms with Crippen LogP contribution in [0.1, 0.15) is 43.4 Å². The Morgan fingerprint density at radius 1 is 1.13 bits per heavy atom. The van der Waals surface area contributed by atoms with Crippen molar-refractivity contribution in [3.05, 3.63) is 34.4 Å². The molecule has 0 aromatic heterocycles. The Morgan fingerprint density at radius 2 is 1.80 bits per heavy atom. The molecule has 0 N–H and O–H groups in total. The van der Waals surface area contributed by atoms with E-state index in [0.29, 0.717) is 5.92 Å². The van der Waals surface area contributed by atoms with E-state index in [4.69, 9.17) is 4.74 Å². The second-order valence-corrected chi connectivity index (χ2v) is 4.39. The quantitative estimate of drug-likeness (QED) is 0.670. The van der Waals surface area contributed by atoms with E-state index in [1.165, 1.54) is 27.8 Å². The van der Waals surface area contributed by atoms with Crippen molar-refractivity contribution in [1.82, 2.24) is 0 Å². The first-order valence-electron chi connectivity index (χ1n) is 5.43. The van der Waals surface area contributed by atoms with E-state index < -0.39 is 0 Å². The van der Waals surface area contributed by atoms with E-state index in [-0.39, 0.29) is 0 Å². The number of allylic oxidation sites excluding steroid dienone is 2. The molecule has 1 aromatic rings. The summed E-state index contributed by atoms with van der Waals surface area (Å²) in [5.41, 5.74) is 7.04. The fourth-order valence-corrected chi connectivity index (χ4v) is 2.55. The summed E-state index contributed by atoms with van der Waals surface area (Å²) in [7, 11) is 1.74. The third kappa shape index (κ3) is 1.30. The zero-order chi connectivity index (χ0) is 11.2. The van der Waals surface area contributed by atoms with Crippen LogP contribution in [0.15, 0.2) is 17.7 Å². The van der Waals surface area contributed by atoms with Gasteiger partial charge in [0, 0.05) is 5.92 Å². The van der Waals surface area contributed by atoms with E-state index in [9.17, 15) is 0 Å². The number of fused-ring (bicyclic) bond motifs is 1. The number of benzene rings is 1. The molecule has 0 saturated heterocycles. The molecule has 80 valence electrons. The Morgan fingerprint density at radius 3 is 2.40 bits per heavy atom. The minimum Gasteiger partial charge on any atom is -0.496 e. The maximum atomic E-state index is 5.37. The van der Waals surface area contributed by atoms with E-state index in [1.54, 1.807) is 7.11 Å². The van der Waals surface area contributed by atoms with Crippen molar-refractivity contribution in [2.75, 3.05) is 7.11 Å². The van der Waals surface area contributed by atoms with Crippen LogP contribution in [0.3, 0.4) is 0 Å². The average molecular weight is 202 g/mol. The molecular formula is C14H18O. The van der Waals surface area contributed by atoms with E-state index in [0.717, 1.165) is 5.75 Å². The van der Waals surface area contributed by atoms with Gasteiger partial charge in [-0.15, -0.1) is 0 Å². The average Bonchev–Trinajstić information content (AvgIpc) is 2.45. The molecule has 15 heavy (non-hydrogen) atoms. The highest BCUT2D eigenvalue weighted by Crippen LogP contribution is 2.44. The lowest BCUT2D eigenvalue weighted by molar-refractivity contribution is 0.411. The van der Waals surface area contributed by atoms with Gasteiger partial charge >= 0.3 is 0 Å². The van der Waals surface area contributed by atoms with E-state index in [2.05, 4.69) is 39.8 Å². The molecule has 0 radical (unpaired) electrons. The number of methoxy groups -OCH3 is 1. The molecule has 2 rings (SSSR count). The molecule has 0 aliphatic heterocycles. The van der Waals surface area contributed by atoms with Gasteiger partial charge in [-0.1, -0.05) is 18.6 Å². The molecule has 0 fully saturated rings. The van der Waals surface area contributed by atoms with E-state index in [1.807, 2.05) is 0 Å². The first-order valence-corrected chi connectivity index (χ1v) is 5.43. The monoisotopic (exact) mass is 202 g/mol. The van der Waals surface area contributed by atoms with Crippen LogP contribution in [-0.4, -0.2) is 7.11 Å². The predicted molar refractivity (Wildman–Crippen MR) is 64.4 cm³/mol. The third-order valence-electron chi connectivity index (χ3n) is 3.75. The summed E-state index contributed by atoms with van der Waals surface area (Å²) in [5.74, 6) is 1.56. The van der Waals surface area contributed by atoms with Gasteiger partial charge < -0.3 is 4.74 Å². The Bertz CT molecular complexity index is 441. The fraction of sp³-hybridized carbons (Fsp3) is 0.429. The zero-order valence-electron chi connectivity index (χ0n) is 10.1. The highest BCUT2D eigenvalue weighted by atomic mass is 16.5. The maximum Gasteiger partial charge on any atom is 0.122 e. The van der Waals surface area contributed by atoms with Crippen LogP contribution in [-0.2, 0) is 0 Å². The predicted octanol–water partition coefficient (Wildman–Crippen LogP) is 3.91. The van der Waals surface area contributed by atoms with Crippen molar-refractivity contribution < 1.29 is 4.74 Å². The van der Waals surface area contributed by atoms with Crippen LogP contribution < -0.4 is 4.74 Å². The first kappa shape index (κ1) is 10.3. The van der Waals surface area contributed by atoms with Crippen molar-refractivity contribution in [3.63, 3.8) is 0 Å². The number of ether oxygens (including phenoxy) is 1. The SMILES string of the molecule is COc1ccc2c(c1C)C(C)=C(C)C2C. The molecule has 1 aliphatic rings. The molecule has 0 amide bonds. The molecule has 0 spiro atoms. The van der Waals surface area contributed by atoms with Gasteiger partial charge in [0.05, 0.1) is 7.11 Å². The fourth-order valence-electron chi connectivity index (χ4n) is 2.55. The lowest BCUT2D eigenvalue weighted by Crippen LogP contribution is -1.95. The molecule has 1 heteroatoms. The lowest BCUT2D eigenvalue weighted by atomic mass is 9.96. The van der Waals surface area contributed by atoms with Crippen LogP contribution in [0.25, 0.3) is 5.57 Å². The highest BCUT2D eigenvalue weighted by molar-refractivity contribution is 5.79. The second kappa shape index (κ2) is 3.41. The van der Waals surface area contributed by atoms with Gasteiger partial charge in [-0.05, 0) is 49.1 Å². The lowest BCUT2D eigenvalue weighted by Gasteiger charge is -2.12. The molecule has 1 unspecified atom stereocenters. The Balaban J connectivity index is 2.69. The highest BCUT2D eigenvalue weighted by Gasteiger charge is 2.25. The van der Waals surface area contributed by atoms with Crippen LogP contribution in [0.4, 0.5) is 0 Å². The minimum atomic E-state index is 0.560. The van der Waals surface area contributed by atoms with Crippen molar-refractivity contribution in [2.24, 2.45) is 0 Å². The van der Waals surface area contributed by atoms with Gasteiger partial charge in [-0.25, -0.2) is 0 Å². The molecule has 1 nitrogen and oxygen atoms in total. The molecule has 1 aliphatic carbocycles. The first-order chi connectivity index (χ1) is 7.07. The van der Waals surface area contributed by atoms with E-state index >= 15 is 0 Å². The summed E-state index contributed by atoms with van der Waals surface area (Å²) in [4.78, 5) is 0. The molecule has 1 aromatic carbocycles. The zero-order valence-corrected chi connectivity index (χ0v) is 10.1. The van der Waals surface area contributed by atoms with Crippen molar-refractivity contribution in [3.8, 4) is 5.75 Å².